The number of carboxylic acid groups (broad SMARTS) is 1. The zero-order valence-electron chi connectivity index (χ0n) is 7.34. The van der Waals surface area contributed by atoms with Gasteiger partial charge in [-0.05, 0) is 6.92 Å². The smallest absolute Gasteiger partial charge is 0.338 e. The molecule has 0 unspecified atom stereocenters. The normalized spacial score (nSPS) is 10.4. The van der Waals surface area contributed by atoms with Crippen molar-refractivity contribution in [1.29, 1.82) is 0 Å². The Kier molecular flexibility index (Phi) is 1.81. The predicted molar refractivity (Wildman–Crippen MR) is 45.3 cm³/mol. The molecule has 0 saturated heterocycles. The van der Waals surface area contributed by atoms with Gasteiger partial charge >= 0.3 is 12.0 Å². The average molecular weight is 193 g/mol. The third kappa shape index (κ3) is 1.37. The first kappa shape index (κ1) is 8.49. The first-order chi connectivity index (χ1) is 6.66. The Bertz CT molecular complexity index is 472. The molecule has 6 heteroatoms. The van der Waals surface area contributed by atoms with Crippen LogP contribution < -0.4 is 0 Å². The van der Waals surface area contributed by atoms with E-state index in [0.29, 0.717) is 5.76 Å². The second-order valence-corrected chi connectivity index (χ2v) is 2.73. The molecule has 0 atom stereocenters. The van der Waals surface area contributed by atoms with Gasteiger partial charge in [-0.15, -0.1) is 0 Å². The lowest BCUT2D eigenvalue weighted by molar-refractivity contribution is 0.0697. The van der Waals surface area contributed by atoms with Crippen LogP contribution >= 0.6 is 0 Å². The van der Waals surface area contributed by atoms with Crippen LogP contribution in [-0.2, 0) is 0 Å². The average Bonchev–Trinajstić information content (AvgIpc) is 2.70. The van der Waals surface area contributed by atoms with Crippen molar-refractivity contribution in [2.45, 2.75) is 6.92 Å². The molecule has 0 aliphatic rings. The Morgan fingerprint density at radius 2 is 2.36 bits per heavy atom. The van der Waals surface area contributed by atoms with E-state index in [1.54, 1.807) is 6.92 Å². The van der Waals surface area contributed by atoms with Crippen LogP contribution in [0.1, 0.15) is 16.1 Å². The van der Waals surface area contributed by atoms with Gasteiger partial charge in [0, 0.05) is 0 Å². The van der Waals surface area contributed by atoms with E-state index in [2.05, 4.69) is 10.1 Å². The monoisotopic (exact) mass is 193 g/mol. The Morgan fingerprint density at radius 1 is 1.57 bits per heavy atom. The van der Waals surface area contributed by atoms with Gasteiger partial charge in [-0.25, -0.2) is 4.79 Å². The van der Waals surface area contributed by atoms with E-state index in [0.717, 1.165) is 0 Å². The number of aromatic carboxylic acids is 1. The lowest BCUT2D eigenvalue weighted by Crippen LogP contribution is -1.95. The van der Waals surface area contributed by atoms with Crippen LogP contribution in [0.4, 0.5) is 0 Å². The third-order valence-electron chi connectivity index (χ3n) is 1.63. The maximum Gasteiger partial charge on any atom is 0.338 e. The van der Waals surface area contributed by atoms with E-state index in [4.69, 9.17) is 9.52 Å². The van der Waals surface area contributed by atoms with Gasteiger partial charge in [0.1, 0.15) is 5.76 Å². The fraction of sp³-hybridized carbons (Fsp3) is 0.125. The lowest BCUT2D eigenvalue weighted by Gasteiger charge is -1.90. The maximum atomic E-state index is 10.5. The van der Waals surface area contributed by atoms with Crippen molar-refractivity contribution in [1.82, 2.24) is 14.8 Å². The van der Waals surface area contributed by atoms with Gasteiger partial charge in [0.05, 0.1) is 24.2 Å². The Balaban J connectivity index is 2.38. The lowest BCUT2D eigenvalue weighted by atomic mass is 10.4. The molecule has 0 saturated carbocycles. The summed E-state index contributed by atoms with van der Waals surface area (Å²) < 4.78 is 6.43. The van der Waals surface area contributed by atoms with Crippen LogP contribution in [0, 0.1) is 6.92 Å². The molecule has 0 spiro atoms. The summed E-state index contributed by atoms with van der Waals surface area (Å²) in [6, 6.07) is 0.259. The molecule has 0 fully saturated rings. The number of nitrogens with zero attached hydrogens (tertiary/aromatic N) is 3. The molecule has 0 radical (unpaired) electrons. The molecule has 0 bridgehead atoms. The summed E-state index contributed by atoms with van der Waals surface area (Å²) in [6.45, 7) is 1.75. The molecule has 2 heterocycles. The summed E-state index contributed by atoms with van der Waals surface area (Å²) in [6.07, 6.45) is 4.12. The highest BCUT2D eigenvalue weighted by molar-refractivity contribution is 5.86. The molecular weight excluding hydrogens is 186 g/mol. The SMILES string of the molecule is Cc1cnc(-n2cc(C(=O)O)cn2)o1. The highest BCUT2D eigenvalue weighted by atomic mass is 16.4. The van der Waals surface area contributed by atoms with Crippen LogP contribution in [0.15, 0.2) is 23.0 Å². The van der Waals surface area contributed by atoms with Gasteiger partial charge in [0.15, 0.2) is 0 Å². The standard InChI is InChI=1S/C8H7N3O3/c1-5-2-9-8(14-5)11-4-6(3-10-11)7(12)13/h2-4H,1H3,(H,12,13). The number of aromatic nitrogens is 3. The van der Waals surface area contributed by atoms with Gasteiger partial charge in [-0.1, -0.05) is 0 Å². The zero-order chi connectivity index (χ0) is 10.1. The minimum absolute atomic E-state index is 0.0980. The van der Waals surface area contributed by atoms with Crippen molar-refractivity contribution in [2.75, 3.05) is 0 Å². The fourth-order valence-corrected chi connectivity index (χ4v) is 0.987. The van der Waals surface area contributed by atoms with Crippen molar-refractivity contribution < 1.29 is 14.3 Å². The number of oxazole rings is 1. The molecule has 2 rings (SSSR count). The summed E-state index contributed by atoms with van der Waals surface area (Å²) in [5.74, 6) is -0.382. The van der Waals surface area contributed by atoms with E-state index < -0.39 is 5.97 Å². The Morgan fingerprint density at radius 3 is 2.86 bits per heavy atom. The Labute approximate surface area is 78.8 Å². The summed E-state index contributed by atoms with van der Waals surface area (Å²) in [7, 11) is 0. The van der Waals surface area contributed by atoms with E-state index in [1.807, 2.05) is 0 Å². The van der Waals surface area contributed by atoms with E-state index in [1.165, 1.54) is 23.3 Å². The minimum Gasteiger partial charge on any atom is -0.478 e. The van der Waals surface area contributed by atoms with E-state index in [9.17, 15) is 4.79 Å². The molecule has 2 aromatic rings. The van der Waals surface area contributed by atoms with Crippen molar-refractivity contribution in [2.24, 2.45) is 0 Å². The highest BCUT2D eigenvalue weighted by Crippen LogP contribution is 2.08. The number of hydrogen-bond donors (Lipinski definition) is 1. The second-order valence-electron chi connectivity index (χ2n) is 2.73. The van der Waals surface area contributed by atoms with Gasteiger partial charge in [0.2, 0.25) is 0 Å². The maximum absolute atomic E-state index is 10.5. The largest absolute Gasteiger partial charge is 0.478 e. The quantitative estimate of drug-likeness (QED) is 0.765. The fourth-order valence-electron chi connectivity index (χ4n) is 0.987. The van der Waals surface area contributed by atoms with Crippen LogP contribution in [0.2, 0.25) is 0 Å². The predicted octanol–water partition coefficient (Wildman–Crippen LogP) is 0.867. The van der Waals surface area contributed by atoms with Crippen molar-refractivity contribution in [3.8, 4) is 6.01 Å². The number of rotatable bonds is 2. The molecule has 0 aliphatic heterocycles. The zero-order valence-corrected chi connectivity index (χ0v) is 7.34. The van der Waals surface area contributed by atoms with Crippen LogP contribution in [0.3, 0.4) is 0 Å². The molecule has 72 valence electrons. The summed E-state index contributed by atoms with van der Waals surface area (Å²) in [4.78, 5) is 14.4. The number of carboxylic acids is 1. The summed E-state index contributed by atoms with van der Waals surface area (Å²) in [5, 5.41) is 12.4. The van der Waals surface area contributed by atoms with Gasteiger partial charge in [-0.2, -0.15) is 14.8 Å². The molecule has 6 nitrogen and oxygen atoms in total. The summed E-state index contributed by atoms with van der Waals surface area (Å²) >= 11 is 0. The molecular formula is C8H7N3O3. The first-order valence-corrected chi connectivity index (χ1v) is 3.87. The third-order valence-corrected chi connectivity index (χ3v) is 1.63. The van der Waals surface area contributed by atoms with Gasteiger partial charge in [-0.3, -0.25) is 0 Å². The van der Waals surface area contributed by atoms with E-state index >= 15 is 0 Å². The molecule has 0 aromatic carbocycles. The molecule has 0 amide bonds. The molecule has 2 aromatic heterocycles. The van der Waals surface area contributed by atoms with Crippen LogP contribution in [0.25, 0.3) is 6.01 Å². The van der Waals surface area contributed by atoms with E-state index in [-0.39, 0.29) is 11.6 Å². The highest BCUT2D eigenvalue weighted by Gasteiger charge is 2.09. The van der Waals surface area contributed by atoms with Gasteiger partial charge in [0.25, 0.3) is 0 Å². The topological polar surface area (TPSA) is 81.2 Å². The van der Waals surface area contributed by atoms with Gasteiger partial charge < -0.3 is 9.52 Å². The number of aryl methyl sites for hydroxylation is 1. The molecule has 1 N–H and O–H groups in total. The van der Waals surface area contributed by atoms with Crippen LogP contribution in [-0.4, -0.2) is 25.8 Å². The second kappa shape index (κ2) is 2.99. The first-order valence-electron chi connectivity index (χ1n) is 3.87. The number of hydrogen-bond acceptors (Lipinski definition) is 4. The Hall–Kier alpha value is -2.11. The summed E-state index contributed by atoms with van der Waals surface area (Å²) in [5.41, 5.74) is 0.0980. The minimum atomic E-state index is -1.03. The molecule has 0 aliphatic carbocycles. The van der Waals surface area contributed by atoms with Crippen molar-refractivity contribution >= 4 is 5.97 Å². The van der Waals surface area contributed by atoms with Crippen molar-refractivity contribution in [3.63, 3.8) is 0 Å². The van der Waals surface area contributed by atoms with Crippen LogP contribution in [0.5, 0.6) is 0 Å². The number of carbonyl (C=O) groups is 1. The molecule has 14 heavy (non-hydrogen) atoms. The van der Waals surface area contributed by atoms with Crippen molar-refractivity contribution in [3.05, 3.63) is 29.9 Å².